The molecule has 0 spiro atoms. The summed E-state index contributed by atoms with van der Waals surface area (Å²) in [4.78, 5) is 8.34. The van der Waals surface area contributed by atoms with Crippen LogP contribution in [0.1, 0.15) is 29.9 Å². The average Bonchev–Trinajstić information content (AvgIpc) is 2.36. The Kier molecular flexibility index (Phi) is 4.39. The van der Waals surface area contributed by atoms with Crippen LogP contribution in [0.4, 0.5) is 13.2 Å². The molecule has 0 aliphatic heterocycles. The molecule has 1 atom stereocenters. The lowest BCUT2D eigenvalue weighted by atomic mass is 9.87. The van der Waals surface area contributed by atoms with Gasteiger partial charge in [-0.3, -0.25) is 0 Å². The molecule has 1 aliphatic carbocycles. The Morgan fingerprint density at radius 3 is 2.89 bits per heavy atom. The number of aromatic nitrogens is 2. The summed E-state index contributed by atoms with van der Waals surface area (Å²) in [5.41, 5.74) is 2.02. The molecule has 0 radical (unpaired) electrons. The van der Waals surface area contributed by atoms with Gasteiger partial charge in [-0.15, -0.1) is 0 Å². The second-order valence-corrected chi connectivity index (χ2v) is 5.04. The van der Waals surface area contributed by atoms with Gasteiger partial charge in [0.15, 0.2) is 0 Å². The minimum atomic E-state index is -4.14. The van der Waals surface area contributed by atoms with E-state index in [-0.39, 0.29) is 6.42 Å². The second kappa shape index (κ2) is 5.86. The van der Waals surface area contributed by atoms with E-state index in [1.165, 1.54) is 0 Å². The van der Waals surface area contributed by atoms with E-state index in [4.69, 9.17) is 0 Å². The summed E-state index contributed by atoms with van der Waals surface area (Å²) in [6.45, 7) is 0.954. The Balaban J connectivity index is 2.01. The third kappa shape index (κ3) is 4.16. The molecule has 0 saturated heterocycles. The number of hydrogen-bond donors (Lipinski definition) is 1. The molecule has 0 aromatic carbocycles. The molecule has 1 aromatic heterocycles. The van der Waals surface area contributed by atoms with Crippen LogP contribution in [0.3, 0.4) is 0 Å². The fourth-order valence-electron chi connectivity index (χ4n) is 2.46. The summed E-state index contributed by atoms with van der Waals surface area (Å²) in [7, 11) is 1.92. The highest BCUT2D eigenvalue weighted by atomic mass is 19.4. The number of rotatable bonds is 4. The van der Waals surface area contributed by atoms with Crippen LogP contribution in [0.5, 0.6) is 0 Å². The van der Waals surface area contributed by atoms with Gasteiger partial charge >= 0.3 is 6.18 Å². The summed E-state index contributed by atoms with van der Waals surface area (Å²) in [6, 6.07) is 0. The van der Waals surface area contributed by atoms with Crippen LogP contribution in [0.15, 0.2) is 6.20 Å². The summed E-state index contributed by atoms with van der Waals surface area (Å²) >= 11 is 0. The number of nitrogens with one attached hydrogen (secondary N) is 1. The van der Waals surface area contributed by atoms with Crippen molar-refractivity contribution >= 4 is 0 Å². The molecule has 1 unspecified atom stereocenters. The molecule has 1 N–H and O–H groups in total. The maximum atomic E-state index is 12.2. The van der Waals surface area contributed by atoms with Crippen molar-refractivity contribution in [3.63, 3.8) is 0 Å². The molecule has 106 valence electrons. The fourth-order valence-corrected chi connectivity index (χ4v) is 2.46. The molecule has 6 heteroatoms. The number of aryl methyl sites for hydroxylation is 2. The lowest BCUT2D eigenvalue weighted by Crippen LogP contribution is -2.25. The fraction of sp³-hybridized carbons (Fsp3) is 0.692. The minimum Gasteiger partial charge on any atom is -0.319 e. The van der Waals surface area contributed by atoms with Crippen LogP contribution < -0.4 is 5.32 Å². The van der Waals surface area contributed by atoms with Crippen LogP contribution in [-0.2, 0) is 19.3 Å². The number of halogens is 3. The van der Waals surface area contributed by atoms with Crippen LogP contribution in [0.2, 0.25) is 0 Å². The zero-order chi connectivity index (χ0) is 13.9. The first-order chi connectivity index (χ1) is 8.98. The van der Waals surface area contributed by atoms with Crippen molar-refractivity contribution in [1.82, 2.24) is 15.3 Å². The Labute approximate surface area is 110 Å². The standard InChI is InChI=1S/C13H18F3N3/c1-17-7-9-2-3-11-10(6-9)8-18-12(19-11)4-5-13(14,15)16/h8-9,17H,2-7H2,1H3. The highest BCUT2D eigenvalue weighted by Crippen LogP contribution is 2.25. The number of hydrogen-bond acceptors (Lipinski definition) is 3. The first kappa shape index (κ1) is 14.2. The van der Waals surface area contributed by atoms with Gasteiger partial charge in [-0.1, -0.05) is 0 Å². The molecule has 2 rings (SSSR count). The molecular formula is C13H18F3N3. The van der Waals surface area contributed by atoms with Gasteiger partial charge in [0.2, 0.25) is 0 Å². The smallest absolute Gasteiger partial charge is 0.319 e. The first-order valence-electron chi connectivity index (χ1n) is 6.53. The van der Waals surface area contributed by atoms with Gasteiger partial charge in [-0.2, -0.15) is 13.2 Å². The van der Waals surface area contributed by atoms with Crippen molar-refractivity contribution in [3.8, 4) is 0 Å². The van der Waals surface area contributed by atoms with Gasteiger partial charge in [0, 0.05) is 18.3 Å². The topological polar surface area (TPSA) is 37.8 Å². The zero-order valence-electron chi connectivity index (χ0n) is 10.9. The maximum absolute atomic E-state index is 12.2. The van der Waals surface area contributed by atoms with Gasteiger partial charge < -0.3 is 5.32 Å². The van der Waals surface area contributed by atoms with E-state index in [2.05, 4.69) is 15.3 Å². The lowest BCUT2D eigenvalue weighted by molar-refractivity contribution is -0.134. The highest BCUT2D eigenvalue weighted by Gasteiger charge is 2.27. The van der Waals surface area contributed by atoms with Crippen LogP contribution in [-0.4, -0.2) is 29.7 Å². The Bertz CT molecular complexity index is 432. The number of nitrogens with zero attached hydrogens (tertiary/aromatic N) is 2. The number of fused-ring (bicyclic) bond motifs is 1. The van der Waals surface area contributed by atoms with Gasteiger partial charge in [0.25, 0.3) is 0 Å². The van der Waals surface area contributed by atoms with E-state index in [1.54, 1.807) is 6.20 Å². The van der Waals surface area contributed by atoms with Crippen molar-refractivity contribution in [3.05, 3.63) is 23.3 Å². The molecule has 0 bridgehead atoms. The summed E-state index contributed by atoms with van der Waals surface area (Å²) in [6.07, 6.45) is -0.638. The van der Waals surface area contributed by atoms with E-state index < -0.39 is 12.6 Å². The quantitative estimate of drug-likeness (QED) is 0.914. The van der Waals surface area contributed by atoms with Crippen molar-refractivity contribution in [1.29, 1.82) is 0 Å². The van der Waals surface area contributed by atoms with E-state index in [1.807, 2.05) is 7.05 Å². The molecule has 1 heterocycles. The first-order valence-corrected chi connectivity index (χ1v) is 6.53. The van der Waals surface area contributed by atoms with Gasteiger partial charge in [0.05, 0.1) is 6.42 Å². The molecule has 19 heavy (non-hydrogen) atoms. The summed E-state index contributed by atoms with van der Waals surface area (Å²) < 4.78 is 36.5. The van der Waals surface area contributed by atoms with E-state index in [9.17, 15) is 13.2 Å². The van der Waals surface area contributed by atoms with Crippen molar-refractivity contribution in [2.75, 3.05) is 13.6 Å². The Hall–Kier alpha value is -1.17. The molecule has 0 fully saturated rings. The highest BCUT2D eigenvalue weighted by molar-refractivity contribution is 5.21. The molecule has 1 aliphatic rings. The molecule has 0 saturated carbocycles. The predicted molar refractivity (Wildman–Crippen MR) is 65.8 cm³/mol. The Morgan fingerprint density at radius 1 is 1.42 bits per heavy atom. The lowest BCUT2D eigenvalue weighted by Gasteiger charge is -2.23. The third-order valence-corrected chi connectivity index (χ3v) is 3.43. The van der Waals surface area contributed by atoms with E-state index in [0.717, 1.165) is 37.1 Å². The van der Waals surface area contributed by atoms with Crippen LogP contribution in [0.25, 0.3) is 0 Å². The van der Waals surface area contributed by atoms with Gasteiger partial charge in [-0.05, 0) is 44.3 Å². The predicted octanol–water partition coefficient (Wildman–Crippen LogP) is 2.30. The second-order valence-electron chi connectivity index (χ2n) is 5.04. The largest absolute Gasteiger partial charge is 0.389 e. The summed E-state index contributed by atoms with van der Waals surface area (Å²) in [5.74, 6) is 0.880. The van der Waals surface area contributed by atoms with E-state index in [0.29, 0.717) is 11.7 Å². The SMILES string of the molecule is CNCC1CCc2nc(CCC(F)(F)F)ncc2C1. The van der Waals surface area contributed by atoms with Crippen molar-refractivity contribution < 1.29 is 13.2 Å². The Morgan fingerprint density at radius 2 is 2.21 bits per heavy atom. The third-order valence-electron chi connectivity index (χ3n) is 3.43. The minimum absolute atomic E-state index is 0.128. The maximum Gasteiger partial charge on any atom is 0.389 e. The number of alkyl halides is 3. The van der Waals surface area contributed by atoms with Crippen LogP contribution in [0, 0.1) is 5.92 Å². The normalized spacial score (nSPS) is 19.3. The zero-order valence-corrected chi connectivity index (χ0v) is 10.9. The molecular weight excluding hydrogens is 255 g/mol. The monoisotopic (exact) mass is 273 g/mol. The van der Waals surface area contributed by atoms with E-state index >= 15 is 0 Å². The van der Waals surface area contributed by atoms with Crippen molar-refractivity contribution in [2.45, 2.75) is 38.3 Å². The van der Waals surface area contributed by atoms with Gasteiger partial charge in [-0.25, -0.2) is 9.97 Å². The molecule has 3 nitrogen and oxygen atoms in total. The molecule has 1 aromatic rings. The molecule has 0 amide bonds. The average molecular weight is 273 g/mol. The van der Waals surface area contributed by atoms with Crippen molar-refractivity contribution in [2.24, 2.45) is 5.92 Å². The van der Waals surface area contributed by atoms with Crippen LogP contribution >= 0.6 is 0 Å². The van der Waals surface area contributed by atoms with Gasteiger partial charge in [0.1, 0.15) is 5.82 Å². The summed E-state index contributed by atoms with van der Waals surface area (Å²) in [5, 5.41) is 3.15.